The Morgan fingerprint density at radius 1 is 1.50 bits per heavy atom. The zero-order chi connectivity index (χ0) is 7.21. The molecule has 0 bridgehead atoms. The van der Waals surface area contributed by atoms with Crippen LogP contribution in [0.4, 0.5) is 0 Å². The molecule has 50 valence electrons. The van der Waals surface area contributed by atoms with E-state index in [1.165, 1.54) is 0 Å². The molecule has 0 amide bonds. The van der Waals surface area contributed by atoms with Crippen LogP contribution >= 0.6 is 0 Å². The van der Waals surface area contributed by atoms with E-state index >= 15 is 0 Å². The number of hydrogen-bond acceptors (Lipinski definition) is 4. The van der Waals surface area contributed by atoms with Gasteiger partial charge >= 0.3 is 0 Å². The fraction of sp³-hybridized carbons (Fsp3) is 0.333. The molecular weight excluding hydrogens is 132 g/mol. The molecule has 0 aromatic carbocycles. The molecule has 0 aromatic rings. The zero-order valence-corrected chi connectivity index (χ0v) is 5.14. The maximum Gasteiger partial charge on any atom is 0.0311 e. The maximum atomic E-state index is 8.52. The van der Waals surface area contributed by atoms with Crippen molar-refractivity contribution in [2.75, 3.05) is 0 Å². The molecule has 0 aliphatic carbocycles. The lowest BCUT2D eigenvalue weighted by atomic mass is 10.8. The largest absolute Gasteiger partial charge is 0.759 e. The third-order valence-corrected chi connectivity index (χ3v) is 0. The van der Waals surface area contributed by atoms with Crippen LogP contribution in [0.2, 0.25) is 0 Å². The van der Waals surface area contributed by atoms with Crippen LogP contribution < -0.4 is 0 Å². The van der Waals surface area contributed by atoms with Crippen LogP contribution in [0.1, 0.15) is 6.92 Å². The second-order valence-corrected chi connectivity index (χ2v) is 1.63. The molecule has 5 heteroatoms. The summed E-state index contributed by atoms with van der Waals surface area (Å²) >= 11 is 0. The Bertz CT molecular complexity index is 125. The molecule has 0 N–H and O–H groups in total. The van der Waals surface area contributed by atoms with Gasteiger partial charge in [0, 0.05) is 10.4 Å². The summed E-state index contributed by atoms with van der Waals surface area (Å²) in [5.41, 5.74) is 0. The van der Waals surface area contributed by atoms with Crippen molar-refractivity contribution in [3.8, 4) is 0 Å². The Hall–Kier alpha value is -0.390. The first-order valence-corrected chi connectivity index (χ1v) is 2.99. The molecule has 0 aromatic heterocycles. The molecule has 0 rings (SSSR count). The van der Waals surface area contributed by atoms with Crippen molar-refractivity contribution >= 4 is 10.4 Å². The van der Waals surface area contributed by atoms with Crippen molar-refractivity contribution in [1.82, 2.24) is 0 Å². The predicted molar refractivity (Wildman–Crippen MR) is 26.3 cm³/mol. The van der Waals surface area contributed by atoms with Gasteiger partial charge in [-0.3, -0.25) is 8.42 Å². The van der Waals surface area contributed by atoms with E-state index in [9.17, 15) is 0 Å². The third-order valence-electron chi connectivity index (χ3n) is 0. The fourth-order valence-corrected chi connectivity index (χ4v) is 0. The quantitative estimate of drug-likeness (QED) is 0.265. The molecule has 0 saturated heterocycles. The van der Waals surface area contributed by atoms with Crippen LogP contribution in [0.25, 0.3) is 0 Å². The van der Waals surface area contributed by atoms with Gasteiger partial charge in [0.25, 0.3) is 0 Å². The summed E-state index contributed by atoms with van der Waals surface area (Å²) < 4.78 is 34.1. The van der Waals surface area contributed by atoms with Gasteiger partial charge in [-0.1, -0.05) is 6.08 Å². The summed E-state index contributed by atoms with van der Waals surface area (Å²) in [6, 6.07) is 0. The number of rotatable bonds is 0. The molecule has 0 saturated carbocycles. The van der Waals surface area contributed by atoms with E-state index in [-0.39, 0.29) is 0 Å². The Morgan fingerprint density at radius 2 is 1.50 bits per heavy atom. The SMILES string of the molecule is C=CC.O=S(=O)([O-])[O-]. The molecule has 0 heterocycles. The van der Waals surface area contributed by atoms with Gasteiger partial charge in [0.15, 0.2) is 0 Å². The number of hydrogen-bond donors (Lipinski definition) is 0. The van der Waals surface area contributed by atoms with Crippen LogP contribution in [-0.2, 0) is 10.4 Å². The first kappa shape index (κ1) is 10.6. The second kappa shape index (κ2) is 4.76. The maximum absolute atomic E-state index is 8.52. The van der Waals surface area contributed by atoms with Crippen molar-refractivity contribution in [2.24, 2.45) is 0 Å². The molecular formula is C3H6O4S-2. The monoisotopic (exact) mass is 138 g/mol. The van der Waals surface area contributed by atoms with Gasteiger partial charge in [0.1, 0.15) is 0 Å². The predicted octanol–water partition coefficient (Wildman–Crippen LogP) is -0.146. The van der Waals surface area contributed by atoms with Crippen molar-refractivity contribution < 1.29 is 17.5 Å². The van der Waals surface area contributed by atoms with Gasteiger partial charge in [-0.15, -0.1) is 6.58 Å². The minimum Gasteiger partial charge on any atom is -0.759 e. The summed E-state index contributed by atoms with van der Waals surface area (Å²) in [4.78, 5) is 0. The van der Waals surface area contributed by atoms with E-state index in [2.05, 4.69) is 6.58 Å². The summed E-state index contributed by atoms with van der Waals surface area (Å²) in [6.07, 6.45) is 1.75. The van der Waals surface area contributed by atoms with E-state index in [1.54, 1.807) is 6.08 Å². The minimum atomic E-state index is -5.17. The van der Waals surface area contributed by atoms with Crippen molar-refractivity contribution in [3.63, 3.8) is 0 Å². The van der Waals surface area contributed by atoms with Crippen molar-refractivity contribution in [3.05, 3.63) is 12.7 Å². The molecule has 0 atom stereocenters. The third kappa shape index (κ3) is 784. The van der Waals surface area contributed by atoms with Gasteiger partial charge < -0.3 is 9.11 Å². The number of allylic oxidation sites excluding steroid dienone is 1. The molecule has 0 unspecified atom stereocenters. The lowest BCUT2D eigenvalue weighted by Gasteiger charge is -2.06. The average Bonchev–Trinajstić information content (AvgIpc) is 1.27. The molecule has 0 aliphatic heterocycles. The molecule has 0 fully saturated rings. The standard InChI is InChI=1S/C3H6.H2O4S/c1-3-2;1-5(2,3)4/h3H,1H2,2H3;(H2,1,2,3,4)/p-2. The van der Waals surface area contributed by atoms with E-state index in [4.69, 9.17) is 17.5 Å². The van der Waals surface area contributed by atoms with Crippen LogP contribution in [0.3, 0.4) is 0 Å². The van der Waals surface area contributed by atoms with Gasteiger partial charge in [-0.05, 0) is 6.92 Å². The lowest BCUT2D eigenvalue weighted by Crippen LogP contribution is -1.91. The fourth-order valence-electron chi connectivity index (χ4n) is 0. The molecule has 8 heavy (non-hydrogen) atoms. The molecule has 0 spiro atoms. The lowest BCUT2D eigenvalue weighted by molar-refractivity contribution is 0.352. The van der Waals surface area contributed by atoms with Gasteiger partial charge in [0.05, 0.1) is 0 Å². The Morgan fingerprint density at radius 3 is 1.50 bits per heavy atom. The van der Waals surface area contributed by atoms with Crippen LogP contribution in [0.15, 0.2) is 12.7 Å². The van der Waals surface area contributed by atoms with E-state index in [0.717, 1.165) is 0 Å². The smallest absolute Gasteiger partial charge is 0.0311 e. The van der Waals surface area contributed by atoms with E-state index in [1.807, 2.05) is 6.92 Å². The Kier molecular flexibility index (Phi) is 6.29. The van der Waals surface area contributed by atoms with Crippen molar-refractivity contribution in [2.45, 2.75) is 6.92 Å². The van der Waals surface area contributed by atoms with Crippen LogP contribution in [-0.4, -0.2) is 17.5 Å². The van der Waals surface area contributed by atoms with Crippen molar-refractivity contribution in [1.29, 1.82) is 0 Å². The summed E-state index contributed by atoms with van der Waals surface area (Å²) in [7, 11) is -5.17. The average molecular weight is 138 g/mol. The topological polar surface area (TPSA) is 80.3 Å². The molecule has 0 radical (unpaired) electrons. The van der Waals surface area contributed by atoms with Gasteiger partial charge in [-0.25, -0.2) is 0 Å². The van der Waals surface area contributed by atoms with Crippen LogP contribution in [0.5, 0.6) is 0 Å². The highest BCUT2D eigenvalue weighted by Crippen LogP contribution is 1.57. The second-order valence-electron chi connectivity index (χ2n) is 0.816. The Labute approximate surface area is 48.4 Å². The first-order valence-electron chi connectivity index (χ1n) is 1.65. The highest BCUT2D eigenvalue weighted by molar-refractivity contribution is 7.79. The minimum absolute atomic E-state index is 1.75. The summed E-state index contributed by atoms with van der Waals surface area (Å²) in [5.74, 6) is 0. The summed E-state index contributed by atoms with van der Waals surface area (Å²) in [6.45, 7) is 5.25. The van der Waals surface area contributed by atoms with Gasteiger partial charge in [-0.2, -0.15) is 0 Å². The first-order chi connectivity index (χ1) is 3.41. The Balaban J connectivity index is 0. The molecule has 4 nitrogen and oxygen atoms in total. The highest BCUT2D eigenvalue weighted by atomic mass is 32.3. The zero-order valence-electron chi connectivity index (χ0n) is 4.33. The highest BCUT2D eigenvalue weighted by Gasteiger charge is 1.49. The van der Waals surface area contributed by atoms with Gasteiger partial charge in [0.2, 0.25) is 0 Å². The van der Waals surface area contributed by atoms with E-state index < -0.39 is 10.4 Å². The van der Waals surface area contributed by atoms with E-state index in [0.29, 0.717) is 0 Å². The molecule has 0 aliphatic rings. The summed E-state index contributed by atoms with van der Waals surface area (Å²) in [5, 5.41) is 0. The van der Waals surface area contributed by atoms with Crippen LogP contribution in [0, 0.1) is 0 Å². The normalized spacial score (nSPS) is 8.88.